The van der Waals surface area contributed by atoms with Crippen LogP contribution in [0.15, 0.2) is 24.9 Å². The molecule has 0 spiro atoms. The van der Waals surface area contributed by atoms with Gasteiger partial charge in [0.1, 0.15) is 5.82 Å². The highest BCUT2D eigenvalue weighted by atomic mass is 16.4. The van der Waals surface area contributed by atoms with Gasteiger partial charge < -0.3 is 25.3 Å². The van der Waals surface area contributed by atoms with Crippen LogP contribution in [0.5, 0.6) is 0 Å². The molecule has 2 heterocycles. The summed E-state index contributed by atoms with van der Waals surface area (Å²) in [4.78, 5) is 32.6. The molecule has 2 amide bonds. The van der Waals surface area contributed by atoms with Gasteiger partial charge in [-0.1, -0.05) is 0 Å². The third-order valence-electron chi connectivity index (χ3n) is 2.48. The SMILES string of the molecule is O=C(NCCn1cnc(C(=O)O)c1)NCc1ncc[nH]1. The largest absolute Gasteiger partial charge is 0.476 e. The van der Waals surface area contributed by atoms with Crippen molar-refractivity contribution in [2.24, 2.45) is 0 Å². The maximum absolute atomic E-state index is 11.5. The number of rotatable bonds is 6. The van der Waals surface area contributed by atoms with Crippen molar-refractivity contribution in [2.45, 2.75) is 13.1 Å². The van der Waals surface area contributed by atoms with E-state index in [1.807, 2.05) is 0 Å². The second-order valence-corrected chi connectivity index (χ2v) is 3.95. The fourth-order valence-corrected chi connectivity index (χ4v) is 1.51. The van der Waals surface area contributed by atoms with Crippen LogP contribution in [0.3, 0.4) is 0 Å². The van der Waals surface area contributed by atoms with Crippen LogP contribution in [-0.4, -0.2) is 43.2 Å². The molecular weight excluding hydrogens is 264 g/mol. The van der Waals surface area contributed by atoms with Gasteiger partial charge in [0.05, 0.1) is 12.9 Å². The first kappa shape index (κ1) is 13.6. The quantitative estimate of drug-likeness (QED) is 0.582. The van der Waals surface area contributed by atoms with Gasteiger partial charge in [0.15, 0.2) is 5.69 Å². The average Bonchev–Trinajstić information content (AvgIpc) is 3.07. The number of H-pyrrole nitrogens is 1. The third-order valence-corrected chi connectivity index (χ3v) is 2.48. The number of carbonyl (C=O) groups is 2. The van der Waals surface area contributed by atoms with Gasteiger partial charge in [-0.25, -0.2) is 19.6 Å². The molecule has 2 rings (SSSR count). The minimum Gasteiger partial charge on any atom is -0.476 e. The number of urea groups is 1. The molecule has 0 bridgehead atoms. The molecule has 0 aliphatic heterocycles. The highest BCUT2D eigenvalue weighted by Gasteiger charge is 2.06. The highest BCUT2D eigenvalue weighted by Crippen LogP contribution is 1.95. The van der Waals surface area contributed by atoms with Crippen LogP contribution >= 0.6 is 0 Å². The van der Waals surface area contributed by atoms with E-state index >= 15 is 0 Å². The minimum atomic E-state index is -1.08. The summed E-state index contributed by atoms with van der Waals surface area (Å²) in [6.07, 6.45) is 6.10. The van der Waals surface area contributed by atoms with Crippen molar-refractivity contribution in [2.75, 3.05) is 6.54 Å². The topological polar surface area (TPSA) is 125 Å². The van der Waals surface area contributed by atoms with Crippen LogP contribution in [0.25, 0.3) is 0 Å². The summed E-state index contributed by atoms with van der Waals surface area (Å²) >= 11 is 0. The van der Waals surface area contributed by atoms with Gasteiger partial charge in [-0.05, 0) is 0 Å². The van der Waals surface area contributed by atoms with Gasteiger partial charge in [0.25, 0.3) is 0 Å². The average molecular weight is 278 g/mol. The lowest BCUT2D eigenvalue weighted by molar-refractivity contribution is 0.0691. The molecule has 106 valence electrons. The summed E-state index contributed by atoms with van der Waals surface area (Å²) in [5.41, 5.74) is -0.0210. The molecule has 0 saturated heterocycles. The summed E-state index contributed by atoms with van der Waals surface area (Å²) in [5.74, 6) is -0.409. The molecule has 0 radical (unpaired) electrons. The number of nitrogens with one attached hydrogen (secondary N) is 3. The van der Waals surface area contributed by atoms with E-state index in [1.165, 1.54) is 12.5 Å². The van der Waals surface area contributed by atoms with Crippen LogP contribution in [0.1, 0.15) is 16.3 Å². The smallest absolute Gasteiger partial charge is 0.356 e. The maximum atomic E-state index is 11.5. The first-order valence-corrected chi connectivity index (χ1v) is 5.90. The molecule has 9 nitrogen and oxygen atoms in total. The molecule has 0 aromatic carbocycles. The van der Waals surface area contributed by atoms with Gasteiger partial charge in [0, 0.05) is 31.7 Å². The van der Waals surface area contributed by atoms with Crippen LogP contribution in [0.2, 0.25) is 0 Å². The number of aromatic nitrogens is 4. The summed E-state index contributed by atoms with van der Waals surface area (Å²) < 4.78 is 1.59. The zero-order valence-electron chi connectivity index (χ0n) is 10.5. The lowest BCUT2D eigenvalue weighted by Gasteiger charge is -2.06. The van der Waals surface area contributed by atoms with Crippen LogP contribution in [0, 0.1) is 0 Å². The third kappa shape index (κ3) is 3.83. The number of aromatic carboxylic acids is 1. The van der Waals surface area contributed by atoms with Crippen LogP contribution in [-0.2, 0) is 13.1 Å². The fraction of sp³-hybridized carbons (Fsp3) is 0.273. The van der Waals surface area contributed by atoms with Crippen LogP contribution in [0.4, 0.5) is 4.79 Å². The predicted octanol–water partition coefficient (Wildman–Crippen LogP) is -0.196. The molecule has 9 heteroatoms. The minimum absolute atomic E-state index is 0.0210. The Morgan fingerprint density at radius 1 is 1.35 bits per heavy atom. The maximum Gasteiger partial charge on any atom is 0.356 e. The standard InChI is InChI=1S/C11H14N6O3/c18-10(19)8-6-17(7-16-8)4-3-14-11(20)15-5-9-12-1-2-13-9/h1-2,6-7H,3-5H2,(H,12,13)(H,18,19)(H2,14,15,20). The van der Waals surface area contributed by atoms with Crippen molar-refractivity contribution >= 4 is 12.0 Å². The van der Waals surface area contributed by atoms with E-state index in [1.54, 1.807) is 17.0 Å². The molecule has 0 atom stereocenters. The number of hydrogen-bond donors (Lipinski definition) is 4. The Kier molecular flexibility index (Phi) is 4.32. The molecule has 2 aromatic heterocycles. The second kappa shape index (κ2) is 6.36. The zero-order chi connectivity index (χ0) is 14.4. The Labute approximate surface area is 114 Å². The van der Waals surface area contributed by atoms with Gasteiger partial charge in [0.2, 0.25) is 0 Å². The number of carboxylic acid groups (broad SMARTS) is 1. The Hall–Kier alpha value is -2.84. The van der Waals surface area contributed by atoms with E-state index in [2.05, 4.69) is 25.6 Å². The molecule has 0 saturated carbocycles. The van der Waals surface area contributed by atoms with Crippen molar-refractivity contribution in [1.29, 1.82) is 0 Å². The predicted molar refractivity (Wildman–Crippen MR) is 68.0 cm³/mol. The Morgan fingerprint density at radius 3 is 2.85 bits per heavy atom. The van der Waals surface area contributed by atoms with Crippen molar-refractivity contribution in [3.8, 4) is 0 Å². The van der Waals surface area contributed by atoms with E-state index in [-0.39, 0.29) is 11.7 Å². The number of amides is 2. The molecule has 0 fully saturated rings. The van der Waals surface area contributed by atoms with Crippen LogP contribution < -0.4 is 10.6 Å². The van der Waals surface area contributed by atoms with E-state index in [4.69, 9.17) is 5.11 Å². The number of carbonyl (C=O) groups excluding carboxylic acids is 1. The molecular formula is C11H14N6O3. The monoisotopic (exact) mass is 278 g/mol. The van der Waals surface area contributed by atoms with E-state index in [0.717, 1.165) is 0 Å². The van der Waals surface area contributed by atoms with Crippen molar-refractivity contribution < 1.29 is 14.7 Å². The van der Waals surface area contributed by atoms with Gasteiger partial charge in [-0.15, -0.1) is 0 Å². The first-order valence-electron chi connectivity index (χ1n) is 5.90. The number of nitrogens with zero attached hydrogens (tertiary/aromatic N) is 3. The summed E-state index contributed by atoms with van der Waals surface area (Å²) in [6.45, 7) is 1.11. The Morgan fingerprint density at radius 2 is 2.20 bits per heavy atom. The number of aromatic amines is 1. The lowest BCUT2D eigenvalue weighted by Crippen LogP contribution is -2.36. The first-order chi connectivity index (χ1) is 9.65. The summed E-state index contributed by atoms with van der Waals surface area (Å²) in [5, 5.41) is 14.0. The van der Waals surface area contributed by atoms with E-state index in [0.29, 0.717) is 25.5 Å². The summed E-state index contributed by atoms with van der Waals surface area (Å²) in [6, 6.07) is -0.319. The Bertz CT molecular complexity index is 577. The normalized spacial score (nSPS) is 10.2. The number of imidazole rings is 2. The Balaban J connectivity index is 1.67. The zero-order valence-corrected chi connectivity index (χ0v) is 10.5. The number of carboxylic acids is 1. The van der Waals surface area contributed by atoms with Crippen molar-refractivity contribution in [3.63, 3.8) is 0 Å². The van der Waals surface area contributed by atoms with Gasteiger partial charge >= 0.3 is 12.0 Å². The molecule has 0 aliphatic carbocycles. The van der Waals surface area contributed by atoms with E-state index in [9.17, 15) is 9.59 Å². The van der Waals surface area contributed by atoms with Crippen molar-refractivity contribution in [3.05, 3.63) is 36.4 Å². The lowest BCUT2D eigenvalue weighted by atomic mass is 10.5. The molecule has 20 heavy (non-hydrogen) atoms. The number of hydrogen-bond acceptors (Lipinski definition) is 4. The van der Waals surface area contributed by atoms with Crippen molar-refractivity contribution in [1.82, 2.24) is 30.2 Å². The van der Waals surface area contributed by atoms with Gasteiger partial charge in [-0.3, -0.25) is 0 Å². The second-order valence-electron chi connectivity index (χ2n) is 3.95. The summed E-state index contributed by atoms with van der Waals surface area (Å²) in [7, 11) is 0. The molecule has 2 aromatic rings. The van der Waals surface area contributed by atoms with Gasteiger partial charge in [-0.2, -0.15) is 0 Å². The fourth-order valence-electron chi connectivity index (χ4n) is 1.51. The highest BCUT2D eigenvalue weighted by molar-refractivity contribution is 5.84. The molecule has 0 unspecified atom stereocenters. The molecule has 4 N–H and O–H groups in total. The molecule has 0 aliphatic rings. The van der Waals surface area contributed by atoms with E-state index < -0.39 is 5.97 Å².